The Kier molecular flexibility index (Phi) is 4.11. The number of phenolic OH excluding ortho intramolecular Hbond substituents is 1. The molecule has 4 rings (SSSR count). The van der Waals surface area contributed by atoms with Gasteiger partial charge in [-0.25, -0.2) is 0 Å². The van der Waals surface area contributed by atoms with Crippen molar-refractivity contribution in [2.24, 2.45) is 0 Å². The number of benzene rings is 1. The molecule has 2 aliphatic carbocycles. The first-order valence-corrected chi connectivity index (χ1v) is 8.86. The van der Waals surface area contributed by atoms with E-state index < -0.39 is 0 Å². The molecule has 1 aromatic heterocycles. The van der Waals surface area contributed by atoms with Crippen LogP contribution >= 0.6 is 0 Å². The largest absolute Gasteiger partial charge is 0.504 e. The zero-order valence-corrected chi connectivity index (χ0v) is 14.4. The maximum Gasteiger partial charge on any atom is 0.230 e. The van der Waals surface area contributed by atoms with Crippen molar-refractivity contribution in [1.29, 1.82) is 0 Å². The van der Waals surface area contributed by atoms with Crippen molar-refractivity contribution in [3.8, 4) is 11.5 Å². The van der Waals surface area contributed by atoms with Crippen molar-refractivity contribution in [2.75, 3.05) is 7.11 Å². The Labute approximate surface area is 146 Å². The molecule has 2 N–H and O–H groups in total. The molecule has 25 heavy (non-hydrogen) atoms. The summed E-state index contributed by atoms with van der Waals surface area (Å²) in [7, 11) is 1.53. The van der Waals surface area contributed by atoms with Crippen LogP contribution in [-0.2, 0) is 17.8 Å². The minimum absolute atomic E-state index is 0.0953. The second kappa shape index (κ2) is 6.43. The molecule has 0 radical (unpaired) electrons. The van der Waals surface area contributed by atoms with Gasteiger partial charge in [-0.2, -0.15) is 5.10 Å². The quantitative estimate of drug-likeness (QED) is 0.876. The van der Waals surface area contributed by atoms with E-state index in [0.29, 0.717) is 18.3 Å². The molecule has 0 unspecified atom stereocenters. The third-order valence-electron chi connectivity index (χ3n) is 5.21. The molecule has 0 saturated heterocycles. The van der Waals surface area contributed by atoms with Gasteiger partial charge in [0.2, 0.25) is 5.91 Å². The van der Waals surface area contributed by atoms with E-state index in [1.807, 2.05) is 23.2 Å². The van der Waals surface area contributed by atoms with Gasteiger partial charge in [0.25, 0.3) is 0 Å². The van der Waals surface area contributed by atoms with Crippen LogP contribution in [0.25, 0.3) is 0 Å². The van der Waals surface area contributed by atoms with E-state index in [9.17, 15) is 9.90 Å². The van der Waals surface area contributed by atoms with Gasteiger partial charge in [0.1, 0.15) is 0 Å². The molecule has 1 aromatic carbocycles. The number of ether oxygens (including phenoxy) is 1. The van der Waals surface area contributed by atoms with E-state index in [0.717, 1.165) is 48.9 Å². The molecule has 0 aliphatic heterocycles. The number of carbonyl (C=O) groups is 1. The molecule has 132 valence electrons. The summed E-state index contributed by atoms with van der Waals surface area (Å²) in [5.74, 6) is 0.653. The Bertz CT molecular complexity index is 782. The van der Waals surface area contributed by atoms with E-state index in [1.165, 1.54) is 7.11 Å². The summed E-state index contributed by atoms with van der Waals surface area (Å²) >= 11 is 0. The Morgan fingerprint density at radius 2 is 2.24 bits per heavy atom. The van der Waals surface area contributed by atoms with Crippen LogP contribution in [0.15, 0.2) is 24.4 Å². The van der Waals surface area contributed by atoms with Crippen molar-refractivity contribution in [3.63, 3.8) is 0 Å². The highest BCUT2D eigenvalue weighted by atomic mass is 16.5. The first-order chi connectivity index (χ1) is 12.2. The number of carbonyl (C=O) groups excluding carboxylic acids is 1. The predicted molar refractivity (Wildman–Crippen MR) is 92.5 cm³/mol. The van der Waals surface area contributed by atoms with Gasteiger partial charge in [0, 0.05) is 23.8 Å². The Morgan fingerprint density at radius 3 is 3.00 bits per heavy atom. The van der Waals surface area contributed by atoms with E-state index in [4.69, 9.17) is 4.74 Å². The number of hydrogen-bond donors (Lipinski definition) is 2. The summed E-state index contributed by atoms with van der Waals surface area (Å²) in [5, 5.41) is 16.9. The Morgan fingerprint density at radius 1 is 1.40 bits per heavy atom. The number of H-pyrrole nitrogens is 1. The lowest BCUT2D eigenvalue weighted by molar-refractivity contribution is -0.134. The topological polar surface area (TPSA) is 78.5 Å². The Hall–Kier alpha value is -2.50. The monoisotopic (exact) mass is 341 g/mol. The van der Waals surface area contributed by atoms with Crippen molar-refractivity contribution in [3.05, 3.63) is 41.2 Å². The third kappa shape index (κ3) is 3.08. The van der Waals surface area contributed by atoms with Crippen molar-refractivity contribution in [2.45, 2.75) is 50.6 Å². The molecule has 0 bridgehead atoms. The molecule has 1 fully saturated rings. The van der Waals surface area contributed by atoms with Gasteiger partial charge in [0.05, 0.1) is 19.2 Å². The number of fused-ring (bicyclic) bond motifs is 1. The minimum atomic E-state index is -0.0953. The van der Waals surface area contributed by atoms with Crippen molar-refractivity contribution < 1.29 is 14.6 Å². The number of aromatic nitrogens is 2. The molecule has 1 atom stereocenters. The first kappa shape index (κ1) is 16.0. The van der Waals surface area contributed by atoms with E-state index >= 15 is 0 Å². The van der Waals surface area contributed by atoms with Crippen LogP contribution in [0.2, 0.25) is 0 Å². The van der Waals surface area contributed by atoms with Gasteiger partial charge in [-0.05, 0) is 49.8 Å². The van der Waals surface area contributed by atoms with Crippen LogP contribution in [0.1, 0.15) is 48.4 Å². The molecule has 2 aromatic rings. The summed E-state index contributed by atoms with van der Waals surface area (Å²) < 4.78 is 5.19. The highest BCUT2D eigenvalue weighted by molar-refractivity contribution is 5.84. The van der Waals surface area contributed by atoms with Gasteiger partial charge in [-0.1, -0.05) is 6.07 Å². The van der Waals surface area contributed by atoms with Crippen molar-refractivity contribution >= 4 is 5.91 Å². The summed E-state index contributed by atoms with van der Waals surface area (Å²) in [6, 6.07) is 5.61. The maximum absolute atomic E-state index is 13.3. The lowest BCUT2D eigenvalue weighted by Crippen LogP contribution is -2.37. The molecule has 1 heterocycles. The van der Waals surface area contributed by atoms with Gasteiger partial charge in [-0.3, -0.25) is 9.89 Å². The summed E-state index contributed by atoms with van der Waals surface area (Å²) in [4.78, 5) is 15.3. The maximum atomic E-state index is 13.3. The van der Waals surface area contributed by atoms with Crippen molar-refractivity contribution in [1.82, 2.24) is 15.1 Å². The molecular formula is C19H23N3O3. The zero-order chi connectivity index (χ0) is 17.4. The molecule has 2 aliphatic rings. The van der Waals surface area contributed by atoms with Crippen LogP contribution < -0.4 is 4.74 Å². The van der Waals surface area contributed by atoms with Gasteiger partial charge in [0.15, 0.2) is 11.5 Å². The fourth-order valence-corrected chi connectivity index (χ4v) is 3.71. The Balaban J connectivity index is 1.57. The number of hydrogen-bond acceptors (Lipinski definition) is 4. The second-order valence-electron chi connectivity index (χ2n) is 6.95. The predicted octanol–water partition coefficient (Wildman–Crippen LogP) is 2.74. The summed E-state index contributed by atoms with van der Waals surface area (Å²) in [6.07, 6.45) is 6.80. The number of aryl methyl sites for hydroxylation is 1. The second-order valence-corrected chi connectivity index (χ2v) is 6.95. The van der Waals surface area contributed by atoms with E-state index in [1.54, 1.807) is 6.07 Å². The number of amides is 1. The average Bonchev–Trinajstić information content (AvgIpc) is 3.35. The van der Waals surface area contributed by atoms with Gasteiger partial charge < -0.3 is 14.7 Å². The SMILES string of the molecule is COc1cc(CN(C(=O)[C@H]2CCCc3[nH]ncc32)C2CC2)ccc1O. The molecule has 6 nitrogen and oxygen atoms in total. The summed E-state index contributed by atoms with van der Waals surface area (Å²) in [6.45, 7) is 0.545. The number of aromatic amines is 1. The van der Waals surface area contributed by atoms with E-state index in [-0.39, 0.29) is 17.6 Å². The fourth-order valence-electron chi connectivity index (χ4n) is 3.71. The van der Waals surface area contributed by atoms with Gasteiger partial charge in [-0.15, -0.1) is 0 Å². The number of methoxy groups -OCH3 is 1. The number of phenols is 1. The molecule has 1 amide bonds. The molecule has 1 saturated carbocycles. The van der Waals surface area contributed by atoms with Crippen LogP contribution in [0.3, 0.4) is 0 Å². The highest BCUT2D eigenvalue weighted by Gasteiger charge is 2.38. The highest BCUT2D eigenvalue weighted by Crippen LogP contribution is 2.37. The first-order valence-electron chi connectivity index (χ1n) is 8.86. The van der Waals surface area contributed by atoms with Crippen LogP contribution in [0.4, 0.5) is 0 Å². The van der Waals surface area contributed by atoms with Crippen LogP contribution in [0.5, 0.6) is 11.5 Å². The number of nitrogens with zero attached hydrogens (tertiary/aromatic N) is 2. The van der Waals surface area contributed by atoms with Gasteiger partial charge >= 0.3 is 0 Å². The van der Waals surface area contributed by atoms with E-state index in [2.05, 4.69) is 10.2 Å². The van der Waals surface area contributed by atoms with Crippen LogP contribution in [-0.4, -0.2) is 39.3 Å². The minimum Gasteiger partial charge on any atom is -0.504 e. The zero-order valence-electron chi connectivity index (χ0n) is 14.4. The lowest BCUT2D eigenvalue weighted by atomic mass is 9.86. The molecule has 0 spiro atoms. The number of nitrogens with one attached hydrogen (secondary N) is 1. The smallest absolute Gasteiger partial charge is 0.230 e. The normalized spacial score (nSPS) is 19.3. The standard InChI is InChI=1S/C19H23N3O3/c1-25-18-9-12(5-8-17(18)23)11-22(13-6-7-13)19(24)14-3-2-4-16-15(14)10-20-21-16/h5,8-10,13-14,23H,2-4,6-7,11H2,1H3,(H,20,21)/t14-/m0/s1. The lowest BCUT2D eigenvalue weighted by Gasteiger charge is -2.29. The molecule has 6 heteroatoms. The average molecular weight is 341 g/mol. The fraction of sp³-hybridized carbons (Fsp3) is 0.474. The third-order valence-corrected chi connectivity index (χ3v) is 5.21. The molecular weight excluding hydrogens is 318 g/mol. The number of rotatable bonds is 5. The summed E-state index contributed by atoms with van der Waals surface area (Å²) in [5.41, 5.74) is 3.13. The number of aromatic hydroxyl groups is 1. The van der Waals surface area contributed by atoms with Crippen LogP contribution in [0, 0.1) is 0 Å².